The van der Waals surface area contributed by atoms with E-state index < -0.39 is 0 Å². The van der Waals surface area contributed by atoms with Gasteiger partial charge in [0.25, 0.3) is 0 Å². The maximum absolute atomic E-state index is 2.50. The normalized spacial score (nSPS) is 11.7. The van der Waals surface area contributed by atoms with Crippen molar-refractivity contribution in [2.24, 2.45) is 0 Å². The molecular formula is C40H25NS2. The van der Waals surface area contributed by atoms with E-state index in [9.17, 15) is 0 Å². The topological polar surface area (TPSA) is 3.24 Å². The second-order valence-electron chi connectivity index (χ2n) is 10.9. The zero-order valence-corrected chi connectivity index (χ0v) is 24.8. The van der Waals surface area contributed by atoms with Gasteiger partial charge in [-0.1, -0.05) is 121 Å². The highest BCUT2D eigenvalue weighted by molar-refractivity contribution is 7.26. The molecule has 1 nitrogen and oxygen atoms in total. The zero-order valence-electron chi connectivity index (χ0n) is 23.2. The summed E-state index contributed by atoms with van der Waals surface area (Å²) >= 11 is 3.77. The molecule has 0 saturated carbocycles. The number of thiophene rings is 2. The third-order valence-electron chi connectivity index (χ3n) is 8.47. The van der Waals surface area contributed by atoms with Crippen molar-refractivity contribution in [3.05, 3.63) is 152 Å². The van der Waals surface area contributed by atoms with Crippen LogP contribution in [0.1, 0.15) is 0 Å². The number of hydrogen-bond donors (Lipinski definition) is 0. The molecule has 0 amide bonds. The average molecular weight is 584 g/mol. The highest BCUT2D eigenvalue weighted by atomic mass is 32.1. The van der Waals surface area contributed by atoms with Gasteiger partial charge in [0.05, 0.1) is 21.8 Å². The van der Waals surface area contributed by atoms with Gasteiger partial charge in [-0.2, -0.15) is 0 Å². The third-order valence-corrected chi connectivity index (χ3v) is 10.9. The minimum Gasteiger partial charge on any atom is -0.308 e. The Morgan fingerprint density at radius 1 is 0.326 bits per heavy atom. The molecular weight excluding hydrogens is 559 g/mol. The van der Waals surface area contributed by atoms with E-state index >= 15 is 0 Å². The van der Waals surface area contributed by atoms with Crippen molar-refractivity contribution >= 4 is 90.9 Å². The molecule has 202 valence electrons. The summed E-state index contributed by atoms with van der Waals surface area (Å²) in [5.74, 6) is 0. The van der Waals surface area contributed by atoms with Crippen LogP contribution in [0.3, 0.4) is 0 Å². The molecule has 0 aliphatic heterocycles. The van der Waals surface area contributed by atoms with Gasteiger partial charge in [-0.25, -0.2) is 0 Å². The number of para-hydroxylation sites is 1. The predicted molar refractivity (Wildman–Crippen MR) is 190 cm³/mol. The van der Waals surface area contributed by atoms with E-state index in [0.29, 0.717) is 0 Å². The smallest absolute Gasteiger partial charge is 0.0640 e. The molecule has 9 aromatic rings. The maximum atomic E-state index is 2.50. The van der Waals surface area contributed by atoms with Gasteiger partial charge in [0.15, 0.2) is 0 Å². The predicted octanol–water partition coefficient (Wildman–Crippen LogP) is 12.7. The summed E-state index contributed by atoms with van der Waals surface area (Å²) in [6.45, 7) is 0. The molecule has 0 unspecified atom stereocenters. The molecule has 0 N–H and O–H groups in total. The number of fused-ring (bicyclic) bond motifs is 7. The van der Waals surface area contributed by atoms with E-state index in [1.807, 2.05) is 22.7 Å². The van der Waals surface area contributed by atoms with Gasteiger partial charge in [0.2, 0.25) is 0 Å². The first kappa shape index (κ1) is 24.6. The molecule has 0 saturated heterocycles. The zero-order chi connectivity index (χ0) is 28.3. The van der Waals surface area contributed by atoms with Crippen LogP contribution >= 0.6 is 22.7 Å². The van der Waals surface area contributed by atoms with Crippen LogP contribution in [0, 0.1) is 0 Å². The number of nitrogens with zero attached hydrogens (tertiary/aromatic N) is 1. The van der Waals surface area contributed by atoms with E-state index in [-0.39, 0.29) is 0 Å². The van der Waals surface area contributed by atoms with Gasteiger partial charge in [0, 0.05) is 52.2 Å². The molecule has 9 rings (SSSR count). The average Bonchev–Trinajstić information content (AvgIpc) is 3.64. The lowest BCUT2D eigenvalue weighted by molar-refractivity contribution is 1.32. The third kappa shape index (κ3) is 3.82. The van der Waals surface area contributed by atoms with Crippen molar-refractivity contribution in [3.63, 3.8) is 0 Å². The van der Waals surface area contributed by atoms with Crippen molar-refractivity contribution in [3.8, 4) is 11.1 Å². The second-order valence-corrected chi connectivity index (χ2v) is 13.0. The van der Waals surface area contributed by atoms with Gasteiger partial charge >= 0.3 is 0 Å². The van der Waals surface area contributed by atoms with Crippen LogP contribution in [0.5, 0.6) is 0 Å². The molecule has 0 atom stereocenters. The van der Waals surface area contributed by atoms with Crippen molar-refractivity contribution < 1.29 is 0 Å². The lowest BCUT2D eigenvalue weighted by atomic mass is 9.98. The number of anilines is 3. The minimum absolute atomic E-state index is 1.17. The lowest BCUT2D eigenvalue weighted by Crippen LogP contribution is -2.12. The summed E-state index contributed by atoms with van der Waals surface area (Å²) in [7, 11) is 0. The van der Waals surface area contributed by atoms with Gasteiger partial charge in [0.1, 0.15) is 0 Å². The Bertz CT molecular complexity index is 2480. The number of benzene rings is 7. The van der Waals surface area contributed by atoms with E-state index in [4.69, 9.17) is 0 Å². The van der Waals surface area contributed by atoms with Crippen LogP contribution in [-0.2, 0) is 0 Å². The molecule has 2 aromatic heterocycles. The number of rotatable bonds is 4. The summed E-state index contributed by atoms with van der Waals surface area (Å²) < 4.78 is 5.26. The van der Waals surface area contributed by atoms with Crippen molar-refractivity contribution in [2.75, 3.05) is 4.90 Å². The fourth-order valence-corrected chi connectivity index (χ4v) is 8.99. The monoisotopic (exact) mass is 583 g/mol. The molecule has 0 bridgehead atoms. The fraction of sp³-hybridized carbons (Fsp3) is 0. The van der Waals surface area contributed by atoms with Gasteiger partial charge in [-0.05, 0) is 35.7 Å². The Balaban J connectivity index is 1.38. The van der Waals surface area contributed by atoms with Crippen molar-refractivity contribution in [1.82, 2.24) is 0 Å². The molecule has 0 radical (unpaired) electrons. The van der Waals surface area contributed by atoms with E-state index in [2.05, 4.69) is 157 Å². The summed E-state index contributed by atoms with van der Waals surface area (Å²) in [5, 5.41) is 7.72. The fourth-order valence-electron chi connectivity index (χ4n) is 6.56. The molecule has 0 aliphatic carbocycles. The van der Waals surface area contributed by atoms with Crippen molar-refractivity contribution in [1.29, 1.82) is 0 Å². The molecule has 0 fully saturated rings. The molecule has 2 heterocycles. The van der Waals surface area contributed by atoms with E-state index in [0.717, 1.165) is 0 Å². The summed E-state index contributed by atoms with van der Waals surface area (Å²) in [4.78, 5) is 2.50. The molecule has 0 aliphatic rings. The standard InChI is InChI=1S/C40H25NS2/c1-2-14-27-26(12-1)13-9-22-34(27)41(36-23-11-20-33-30-17-5-8-25-38(30)43-40(33)36)35-21-6-3-15-28(35)31-18-10-19-32-29-16-4-7-24-37(29)42-39(31)32/h1-25H. The van der Waals surface area contributed by atoms with Crippen LogP contribution in [0.15, 0.2) is 152 Å². The number of hydrogen-bond acceptors (Lipinski definition) is 3. The Morgan fingerprint density at radius 3 is 1.63 bits per heavy atom. The second kappa shape index (κ2) is 9.81. The maximum Gasteiger partial charge on any atom is 0.0640 e. The van der Waals surface area contributed by atoms with E-state index in [1.165, 1.54) is 79.3 Å². The van der Waals surface area contributed by atoms with Gasteiger partial charge in [-0.15, -0.1) is 22.7 Å². The molecule has 7 aromatic carbocycles. The Hall–Kier alpha value is -4.96. The van der Waals surface area contributed by atoms with E-state index in [1.54, 1.807) is 0 Å². The Kier molecular flexibility index (Phi) is 5.62. The summed E-state index contributed by atoms with van der Waals surface area (Å²) in [5.41, 5.74) is 6.05. The first-order chi connectivity index (χ1) is 21.3. The van der Waals surface area contributed by atoms with Gasteiger partial charge in [-0.3, -0.25) is 0 Å². The van der Waals surface area contributed by atoms with Crippen LogP contribution in [-0.4, -0.2) is 0 Å². The van der Waals surface area contributed by atoms with Crippen LogP contribution in [0.4, 0.5) is 17.1 Å². The first-order valence-electron chi connectivity index (χ1n) is 14.5. The highest BCUT2D eigenvalue weighted by Gasteiger charge is 2.23. The first-order valence-corrected chi connectivity index (χ1v) is 16.2. The van der Waals surface area contributed by atoms with Gasteiger partial charge < -0.3 is 4.90 Å². The van der Waals surface area contributed by atoms with Crippen LogP contribution in [0.25, 0.3) is 62.2 Å². The quantitative estimate of drug-likeness (QED) is 0.199. The van der Waals surface area contributed by atoms with Crippen LogP contribution < -0.4 is 4.90 Å². The van der Waals surface area contributed by atoms with Crippen molar-refractivity contribution in [2.45, 2.75) is 0 Å². The largest absolute Gasteiger partial charge is 0.308 e. The van der Waals surface area contributed by atoms with Crippen LogP contribution in [0.2, 0.25) is 0 Å². The summed E-state index contributed by atoms with van der Waals surface area (Å²) in [6, 6.07) is 55.4. The molecule has 3 heteroatoms. The minimum atomic E-state index is 1.17. The Labute approximate surface area is 257 Å². The lowest BCUT2D eigenvalue weighted by Gasteiger charge is -2.29. The Morgan fingerprint density at radius 2 is 0.814 bits per heavy atom. The molecule has 43 heavy (non-hydrogen) atoms. The summed E-state index contributed by atoms with van der Waals surface area (Å²) in [6.07, 6.45) is 0. The molecule has 0 spiro atoms. The SMILES string of the molecule is c1ccc(N(c2cccc3ccccc23)c2cccc3c2sc2ccccc23)c(-c2cccc3c2sc2ccccc23)c1. The highest BCUT2D eigenvalue weighted by Crippen LogP contribution is 2.50.